The summed E-state index contributed by atoms with van der Waals surface area (Å²) in [6.45, 7) is 9.78. The molecule has 7 heteroatoms. The molecule has 0 saturated heterocycles. The van der Waals surface area contributed by atoms with Gasteiger partial charge < -0.3 is 19.3 Å². The number of fused-ring (bicyclic) bond motifs is 5. The number of ether oxygens (including phenoxy) is 3. The van der Waals surface area contributed by atoms with Crippen LogP contribution in [0.25, 0.3) is 0 Å². The molecular formula is C29H46O7. The maximum atomic E-state index is 12.2. The van der Waals surface area contributed by atoms with E-state index in [0.717, 1.165) is 44.9 Å². The summed E-state index contributed by atoms with van der Waals surface area (Å²) in [6, 6.07) is 0. The Bertz CT molecular complexity index is 857. The number of hydrogen-bond donors (Lipinski definition) is 1. The van der Waals surface area contributed by atoms with Gasteiger partial charge >= 0.3 is 17.9 Å². The molecule has 0 aliphatic heterocycles. The lowest BCUT2D eigenvalue weighted by Crippen LogP contribution is -2.63. The Balaban J connectivity index is 1.62. The molecule has 0 bridgehead atoms. The maximum absolute atomic E-state index is 12.2. The SMILES string of the molecule is COC(=O)CC[C@H](C)[C@H]1CC[C@@H]2[C@H]3[C@@H](C[C@H](O)[C@@]21C)[C@@]1(C)CC[C@@H](OC(C)=O)C[C@H]1C[C@H]3OC(C)=O. The topological polar surface area (TPSA) is 99.1 Å². The van der Waals surface area contributed by atoms with Crippen molar-refractivity contribution in [3.8, 4) is 0 Å². The normalized spacial score (nSPS) is 44.4. The summed E-state index contributed by atoms with van der Waals surface area (Å²) in [5.41, 5.74) is -0.248. The molecule has 4 aliphatic carbocycles. The van der Waals surface area contributed by atoms with E-state index in [1.54, 1.807) is 0 Å². The number of methoxy groups -OCH3 is 1. The number of rotatable bonds is 6. The Kier molecular flexibility index (Phi) is 7.81. The first kappa shape index (κ1) is 27.4. The number of hydrogen-bond acceptors (Lipinski definition) is 7. The first-order valence-corrected chi connectivity index (χ1v) is 14.0. The first-order valence-electron chi connectivity index (χ1n) is 14.0. The molecule has 4 saturated carbocycles. The number of aliphatic hydroxyl groups excluding tert-OH is 1. The van der Waals surface area contributed by atoms with Crippen LogP contribution in [-0.4, -0.2) is 48.4 Å². The predicted octanol–water partition coefficient (Wildman–Crippen LogP) is 4.68. The molecule has 0 heterocycles. The van der Waals surface area contributed by atoms with Gasteiger partial charge in [-0.1, -0.05) is 20.8 Å². The number of esters is 3. The summed E-state index contributed by atoms with van der Waals surface area (Å²) in [5.74, 6) is 0.965. The van der Waals surface area contributed by atoms with E-state index in [0.29, 0.717) is 24.7 Å². The fraction of sp³-hybridized carbons (Fsp3) is 0.897. The second-order valence-corrected chi connectivity index (χ2v) is 12.8. The highest BCUT2D eigenvalue weighted by Gasteiger charge is 2.66. The van der Waals surface area contributed by atoms with Crippen LogP contribution in [0.2, 0.25) is 0 Å². The highest BCUT2D eigenvalue weighted by Crippen LogP contribution is 2.68. The van der Waals surface area contributed by atoms with Crippen molar-refractivity contribution in [2.24, 2.45) is 46.3 Å². The van der Waals surface area contributed by atoms with Crippen molar-refractivity contribution in [3.63, 3.8) is 0 Å². The van der Waals surface area contributed by atoms with Crippen molar-refractivity contribution in [1.82, 2.24) is 0 Å². The van der Waals surface area contributed by atoms with E-state index in [-0.39, 0.29) is 64.6 Å². The van der Waals surface area contributed by atoms with Crippen molar-refractivity contribution >= 4 is 17.9 Å². The lowest BCUT2D eigenvalue weighted by molar-refractivity contribution is -0.218. The van der Waals surface area contributed by atoms with E-state index in [1.807, 2.05) is 0 Å². The minimum atomic E-state index is -0.434. The fourth-order valence-electron chi connectivity index (χ4n) is 9.42. The van der Waals surface area contributed by atoms with Crippen LogP contribution < -0.4 is 0 Å². The Morgan fingerprint density at radius 3 is 2.31 bits per heavy atom. The predicted molar refractivity (Wildman–Crippen MR) is 134 cm³/mol. The van der Waals surface area contributed by atoms with E-state index in [9.17, 15) is 19.5 Å². The van der Waals surface area contributed by atoms with Gasteiger partial charge in [0, 0.05) is 26.2 Å². The van der Waals surface area contributed by atoms with Crippen LogP contribution in [0, 0.1) is 46.3 Å². The minimum absolute atomic E-state index is 0.0227. The third-order valence-corrected chi connectivity index (χ3v) is 11.2. The zero-order valence-corrected chi connectivity index (χ0v) is 23.0. The van der Waals surface area contributed by atoms with Crippen molar-refractivity contribution in [3.05, 3.63) is 0 Å². The molecule has 0 amide bonds. The lowest BCUT2D eigenvalue weighted by Gasteiger charge is -2.64. The Labute approximate surface area is 216 Å². The third kappa shape index (κ3) is 4.69. The standard InChI is InChI=1S/C29H46O7/c1-16(7-10-26(33)34-6)21-8-9-22-27-23(15-25(32)29(21,22)5)28(4)12-11-20(35-17(2)30)13-19(28)14-24(27)36-18(3)31/h16,19-25,27,32H,7-15H2,1-6H3/t16-,19-,20+,21+,22+,23+,24+,25-,27-,28-,29+/m0/s1. The number of aliphatic hydroxyl groups is 1. The summed E-state index contributed by atoms with van der Waals surface area (Å²) < 4.78 is 16.5. The molecule has 4 rings (SSSR count). The molecule has 204 valence electrons. The molecule has 4 aliphatic rings. The van der Waals surface area contributed by atoms with Crippen LogP contribution in [-0.2, 0) is 28.6 Å². The Morgan fingerprint density at radius 1 is 0.972 bits per heavy atom. The zero-order chi connectivity index (χ0) is 26.4. The van der Waals surface area contributed by atoms with Gasteiger partial charge in [0.1, 0.15) is 12.2 Å². The van der Waals surface area contributed by atoms with Crippen molar-refractivity contribution in [2.45, 2.75) is 111 Å². The second kappa shape index (κ2) is 10.3. The molecule has 0 aromatic carbocycles. The van der Waals surface area contributed by atoms with Crippen molar-refractivity contribution < 1.29 is 33.7 Å². The first-order chi connectivity index (χ1) is 16.9. The molecule has 7 nitrogen and oxygen atoms in total. The molecular weight excluding hydrogens is 460 g/mol. The highest BCUT2D eigenvalue weighted by molar-refractivity contribution is 5.69. The largest absolute Gasteiger partial charge is 0.469 e. The third-order valence-electron chi connectivity index (χ3n) is 11.2. The van der Waals surface area contributed by atoms with E-state index >= 15 is 0 Å². The summed E-state index contributed by atoms with van der Waals surface area (Å²) in [6.07, 6.45) is 6.59. The van der Waals surface area contributed by atoms with Gasteiger partial charge in [-0.25, -0.2) is 0 Å². The van der Waals surface area contributed by atoms with Crippen LogP contribution in [0.3, 0.4) is 0 Å². The summed E-state index contributed by atoms with van der Waals surface area (Å²) in [7, 11) is 1.43. The summed E-state index contributed by atoms with van der Waals surface area (Å²) in [4.78, 5) is 35.7. The zero-order valence-electron chi connectivity index (χ0n) is 23.0. The van der Waals surface area contributed by atoms with E-state index in [2.05, 4.69) is 20.8 Å². The van der Waals surface area contributed by atoms with Gasteiger partial charge in [-0.15, -0.1) is 0 Å². The average molecular weight is 507 g/mol. The van der Waals surface area contributed by atoms with Crippen LogP contribution in [0.4, 0.5) is 0 Å². The van der Waals surface area contributed by atoms with Gasteiger partial charge in [-0.05, 0) is 91.8 Å². The number of carbonyl (C=O) groups excluding carboxylic acids is 3. The smallest absolute Gasteiger partial charge is 0.305 e. The number of carbonyl (C=O) groups is 3. The Morgan fingerprint density at radius 2 is 1.67 bits per heavy atom. The van der Waals surface area contributed by atoms with Crippen molar-refractivity contribution in [1.29, 1.82) is 0 Å². The van der Waals surface area contributed by atoms with Gasteiger partial charge in [0.2, 0.25) is 0 Å². The Hall–Kier alpha value is -1.63. The molecule has 11 atom stereocenters. The molecule has 0 spiro atoms. The van der Waals surface area contributed by atoms with Crippen LogP contribution >= 0.6 is 0 Å². The van der Waals surface area contributed by atoms with Gasteiger partial charge in [0.05, 0.1) is 13.2 Å². The average Bonchev–Trinajstić information content (AvgIpc) is 3.16. The monoisotopic (exact) mass is 506 g/mol. The quantitative estimate of drug-likeness (QED) is 0.412. The molecule has 1 N–H and O–H groups in total. The van der Waals surface area contributed by atoms with Gasteiger partial charge in [-0.2, -0.15) is 0 Å². The molecule has 0 aromatic heterocycles. The van der Waals surface area contributed by atoms with Crippen LogP contribution in [0.5, 0.6) is 0 Å². The van der Waals surface area contributed by atoms with Gasteiger partial charge in [0.15, 0.2) is 0 Å². The molecule has 4 fully saturated rings. The molecule has 36 heavy (non-hydrogen) atoms. The van der Waals surface area contributed by atoms with Gasteiger partial charge in [0.25, 0.3) is 0 Å². The summed E-state index contributed by atoms with van der Waals surface area (Å²) >= 11 is 0. The maximum Gasteiger partial charge on any atom is 0.305 e. The summed E-state index contributed by atoms with van der Waals surface area (Å²) in [5, 5.41) is 11.8. The van der Waals surface area contributed by atoms with Crippen LogP contribution in [0.1, 0.15) is 92.4 Å². The van der Waals surface area contributed by atoms with E-state index in [4.69, 9.17) is 14.2 Å². The molecule has 0 unspecified atom stereocenters. The fourth-order valence-corrected chi connectivity index (χ4v) is 9.42. The van der Waals surface area contributed by atoms with Gasteiger partial charge in [-0.3, -0.25) is 14.4 Å². The lowest BCUT2D eigenvalue weighted by atomic mass is 9.43. The second-order valence-electron chi connectivity index (χ2n) is 12.8. The van der Waals surface area contributed by atoms with E-state index < -0.39 is 6.10 Å². The van der Waals surface area contributed by atoms with Crippen LogP contribution in [0.15, 0.2) is 0 Å². The van der Waals surface area contributed by atoms with Crippen molar-refractivity contribution in [2.75, 3.05) is 7.11 Å². The molecule has 0 aromatic rings. The highest BCUT2D eigenvalue weighted by atomic mass is 16.5. The minimum Gasteiger partial charge on any atom is -0.469 e. The molecule has 0 radical (unpaired) electrons. The van der Waals surface area contributed by atoms with E-state index in [1.165, 1.54) is 21.0 Å².